The van der Waals surface area contributed by atoms with Gasteiger partial charge in [0.05, 0.1) is 17.7 Å². The molecule has 174 valence electrons. The Hall–Kier alpha value is -3.75. The van der Waals surface area contributed by atoms with E-state index in [0.717, 1.165) is 33.8 Å². The van der Waals surface area contributed by atoms with Gasteiger partial charge in [-0.2, -0.15) is 5.10 Å². The largest absolute Gasteiger partial charge is 0.497 e. The van der Waals surface area contributed by atoms with Gasteiger partial charge in [0.2, 0.25) is 0 Å². The molecule has 35 heavy (non-hydrogen) atoms. The number of hydrogen-bond acceptors (Lipinski definition) is 6. The van der Waals surface area contributed by atoms with Gasteiger partial charge >= 0.3 is 0 Å². The van der Waals surface area contributed by atoms with Crippen LogP contribution >= 0.6 is 24.0 Å². The molecule has 1 fully saturated rings. The monoisotopic (exact) mass is 498 g/mol. The van der Waals surface area contributed by atoms with Gasteiger partial charge in [-0.1, -0.05) is 54.3 Å². The number of rotatable bonds is 7. The lowest BCUT2D eigenvalue weighted by Crippen LogP contribution is -2.30. The van der Waals surface area contributed by atoms with E-state index >= 15 is 0 Å². The Kier molecular flexibility index (Phi) is 6.74. The van der Waals surface area contributed by atoms with E-state index in [-0.39, 0.29) is 5.91 Å². The molecule has 0 aliphatic carbocycles. The van der Waals surface area contributed by atoms with Crippen molar-refractivity contribution in [1.29, 1.82) is 0 Å². The van der Waals surface area contributed by atoms with Crippen LogP contribution in [0.1, 0.15) is 11.1 Å². The van der Waals surface area contributed by atoms with Gasteiger partial charge in [-0.05, 0) is 54.5 Å². The molecule has 1 aliphatic heterocycles. The Bertz CT molecular complexity index is 1380. The van der Waals surface area contributed by atoms with E-state index in [1.807, 2.05) is 83.7 Å². The summed E-state index contributed by atoms with van der Waals surface area (Å²) in [5.41, 5.74) is 4.61. The Labute approximate surface area is 213 Å². The van der Waals surface area contributed by atoms with Gasteiger partial charge in [-0.25, -0.2) is 4.68 Å². The summed E-state index contributed by atoms with van der Waals surface area (Å²) in [4.78, 5) is 19.6. The molecule has 6 nitrogen and oxygen atoms in total. The SMILES string of the molecule is COc1ccc(CCN2C(=O)/C(=C/c3cn(-c4ccccc4)nc3-c3ccncc3)SC2=S)cc1. The van der Waals surface area contributed by atoms with Crippen molar-refractivity contribution in [2.45, 2.75) is 6.42 Å². The Balaban J connectivity index is 1.41. The predicted molar refractivity (Wildman–Crippen MR) is 143 cm³/mol. The van der Waals surface area contributed by atoms with Crippen molar-refractivity contribution >= 4 is 40.3 Å². The first-order valence-electron chi connectivity index (χ1n) is 11.1. The standard InChI is InChI=1S/C27H22N4O2S2/c1-33-23-9-7-19(8-10-23)13-16-30-26(32)24(35-27(30)34)17-21-18-31(22-5-3-2-4-6-22)29-25(21)20-11-14-28-15-12-20/h2-12,14-15,17-18H,13,16H2,1H3/b24-17-. The van der Waals surface area contributed by atoms with Crippen LogP contribution in [0.3, 0.4) is 0 Å². The Morgan fingerprint density at radius 3 is 2.49 bits per heavy atom. The Morgan fingerprint density at radius 1 is 1.03 bits per heavy atom. The summed E-state index contributed by atoms with van der Waals surface area (Å²) in [6.07, 6.45) is 8.00. The fraction of sp³-hybridized carbons (Fsp3) is 0.111. The molecule has 0 saturated carbocycles. The highest BCUT2D eigenvalue weighted by atomic mass is 32.2. The first-order chi connectivity index (χ1) is 17.1. The number of para-hydroxylation sites is 1. The molecule has 2 aromatic carbocycles. The predicted octanol–water partition coefficient (Wildman–Crippen LogP) is 5.39. The number of carbonyl (C=O) groups is 1. The third-order valence-corrected chi connectivity index (χ3v) is 7.04. The number of thioether (sulfide) groups is 1. The second-order valence-corrected chi connectivity index (χ2v) is 9.56. The minimum absolute atomic E-state index is 0.0818. The van der Waals surface area contributed by atoms with E-state index in [1.54, 1.807) is 24.4 Å². The van der Waals surface area contributed by atoms with Crippen molar-refractivity contribution in [1.82, 2.24) is 19.7 Å². The van der Waals surface area contributed by atoms with Crippen molar-refractivity contribution in [3.8, 4) is 22.7 Å². The number of nitrogens with zero attached hydrogens (tertiary/aromatic N) is 4. The summed E-state index contributed by atoms with van der Waals surface area (Å²) in [5.74, 6) is 0.727. The summed E-state index contributed by atoms with van der Waals surface area (Å²) in [6, 6.07) is 21.6. The van der Waals surface area contributed by atoms with E-state index in [9.17, 15) is 4.79 Å². The number of carbonyl (C=O) groups excluding carboxylic acids is 1. The number of ether oxygens (including phenoxy) is 1. The summed E-state index contributed by atoms with van der Waals surface area (Å²) < 4.78 is 7.61. The van der Waals surface area contributed by atoms with Crippen LogP contribution < -0.4 is 4.74 Å². The number of methoxy groups -OCH3 is 1. The highest BCUT2D eigenvalue weighted by Gasteiger charge is 2.32. The first kappa shape index (κ1) is 23.0. The minimum Gasteiger partial charge on any atom is -0.497 e. The zero-order valence-electron chi connectivity index (χ0n) is 19.0. The van der Waals surface area contributed by atoms with Crippen molar-refractivity contribution in [2.75, 3.05) is 13.7 Å². The molecule has 0 spiro atoms. The zero-order valence-corrected chi connectivity index (χ0v) is 20.6. The number of benzene rings is 2. The molecule has 1 aliphatic rings. The molecule has 0 N–H and O–H groups in total. The van der Waals surface area contributed by atoms with Crippen LogP contribution in [-0.4, -0.2) is 43.5 Å². The molecule has 0 bridgehead atoms. The minimum atomic E-state index is -0.0818. The molecular weight excluding hydrogens is 476 g/mol. The molecule has 0 unspecified atom stereocenters. The third-order valence-electron chi connectivity index (χ3n) is 5.66. The highest BCUT2D eigenvalue weighted by molar-refractivity contribution is 8.26. The van der Waals surface area contributed by atoms with Gasteiger partial charge in [0.15, 0.2) is 0 Å². The van der Waals surface area contributed by atoms with Crippen LogP contribution in [-0.2, 0) is 11.2 Å². The van der Waals surface area contributed by atoms with Gasteiger partial charge in [0.25, 0.3) is 5.91 Å². The Morgan fingerprint density at radius 2 is 1.77 bits per heavy atom. The molecule has 0 atom stereocenters. The lowest BCUT2D eigenvalue weighted by atomic mass is 10.1. The highest BCUT2D eigenvalue weighted by Crippen LogP contribution is 2.35. The number of thiocarbonyl (C=S) groups is 1. The number of pyridine rings is 1. The van der Waals surface area contributed by atoms with E-state index in [1.165, 1.54) is 11.8 Å². The lowest BCUT2D eigenvalue weighted by molar-refractivity contribution is -0.122. The average molecular weight is 499 g/mol. The average Bonchev–Trinajstić information content (AvgIpc) is 3.44. The van der Waals surface area contributed by atoms with Gasteiger partial charge in [0.1, 0.15) is 15.8 Å². The molecule has 2 aromatic heterocycles. The maximum absolute atomic E-state index is 13.3. The molecule has 8 heteroatoms. The number of amides is 1. The fourth-order valence-corrected chi connectivity index (χ4v) is 5.11. The maximum Gasteiger partial charge on any atom is 0.266 e. The molecule has 1 saturated heterocycles. The number of aromatic nitrogens is 3. The third kappa shape index (κ3) is 5.03. The van der Waals surface area contributed by atoms with E-state index in [0.29, 0.717) is 22.2 Å². The molecular formula is C27H22N4O2S2. The summed E-state index contributed by atoms with van der Waals surface area (Å²) in [6.45, 7) is 0.523. The van der Waals surface area contributed by atoms with E-state index in [4.69, 9.17) is 22.1 Å². The zero-order chi connectivity index (χ0) is 24.2. The molecule has 5 rings (SSSR count). The van der Waals surface area contributed by atoms with Crippen molar-refractivity contribution in [3.63, 3.8) is 0 Å². The van der Waals surface area contributed by atoms with Crippen LogP contribution in [0.4, 0.5) is 0 Å². The smallest absolute Gasteiger partial charge is 0.266 e. The van der Waals surface area contributed by atoms with Gasteiger partial charge in [-0.3, -0.25) is 14.7 Å². The van der Waals surface area contributed by atoms with Crippen molar-refractivity contribution in [2.24, 2.45) is 0 Å². The molecule has 1 amide bonds. The van der Waals surface area contributed by atoms with Crippen LogP contribution in [0.2, 0.25) is 0 Å². The van der Waals surface area contributed by atoms with E-state index < -0.39 is 0 Å². The second-order valence-electron chi connectivity index (χ2n) is 7.88. The molecule has 4 aromatic rings. The summed E-state index contributed by atoms with van der Waals surface area (Å²) >= 11 is 6.88. The van der Waals surface area contributed by atoms with Gasteiger partial charge in [-0.15, -0.1) is 0 Å². The normalized spacial score (nSPS) is 14.7. The summed E-state index contributed by atoms with van der Waals surface area (Å²) in [7, 11) is 1.64. The summed E-state index contributed by atoms with van der Waals surface area (Å²) in [5, 5.41) is 4.81. The second kappa shape index (κ2) is 10.2. The quantitative estimate of drug-likeness (QED) is 0.252. The maximum atomic E-state index is 13.3. The first-order valence-corrected chi connectivity index (χ1v) is 12.3. The van der Waals surface area contributed by atoms with Gasteiger partial charge in [0, 0.05) is 36.3 Å². The van der Waals surface area contributed by atoms with Gasteiger partial charge < -0.3 is 4.74 Å². The van der Waals surface area contributed by atoms with Crippen LogP contribution in [0.5, 0.6) is 5.75 Å². The van der Waals surface area contributed by atoms with E-state index in [2.05, 4.69) is 4.98 Å². The van der Waals surface area contributed by atoms with Crippen molar-refractivity contribution < 1.29 is 9.53 Å². The number of hydrogen-bond donors (Lipinski definition) is 0. The van der Waals surface area contributed by atoms with Crippen molar-refractivity contribution in [3.05, 3.63) is 101 Å². The van der Waals surface area contributed by atoms with Crippen LogP contribution in [0.15, 0.2) is 90.2 Å². The molecule has 0 radical (unpaired) electrons. The van der Waals surface area contributed by atoms with Crippen LogP contribution in [0, 0.1) is 0 Å². The topological polar surface area (TPSA) is 60.2 Å². The fourth-order valence-electron chi connectivity index (χ4n) is 3.81. The molecule has 3 heterocycles. The van der Waals surface area contributed by atoms with Crippen LogP contribution in [0.25, 0.3) is 23.0 Å². The lowest BCUT2D eigenvalue weighted by Gasteiger charge is -2.14.